The summed E-state index contributed by atoms with van der Waals surface area (Å²) in [6.45, 7) is 3.54. The van der Waals surface area contributed by atoms with Crippen LogP contribution >= 0.6 is 11.8 Å². The van der Waals surface area contributed by atoms with E-state index in [0.29, 0.717) is 13.1 Å². The Morgan fingerprint density at radius 2 is 2.18 bits per heavy atom. The average molecular weight is 318 g/mol. The van der Waals surface area contributed by atoms with Gasteiger partial charge in [0.1, 0.15) is 0 Å². The fourth-order valence-corrected chi connectivity index (χ4v) is 3.43. The number of thioether (sulfide) groups is 1. The number of nitrogens with zero attached hydrogens (tertiary/aromatic N) is 4. The van der Waals surface area contributed by atoms with Crippen LogP contribution in [-0.2, 0) is 11.5 Å². The predicted octanol–water partition coefficient (Wildman–Crippen LogP) is 2.44. The molecule has 2 heterocycles. The first-order valence-corrected chi connectivity index (χ1v) is 8.20. The molecule has 0 amide bonds. The van der Waals surface area contributed by atoms with Gasteiger partial charge in [0.05, 0.1) is 12.5 Å². The van der Waals surface area contributed by atoms with Crippen molar-refractivity contribution in [3.63, 3.8) is 0 Å². The van der Waals surface area contributed by atoms with Gasteiger partial charge in [-0.05, 0) is 18.9 Å². The first-order valence-electron chi connectivity index (χ1n) is 7.21. The van der Waals surface area contributed by atoms with Crippen LogP contribution in [0.2, 0.25) is 0 Å². The van der Waals surface area contributed by atoms with Crippen LogP contribution in [0.15, 0.2) is 29.4 Å². The van der Waals surface area contributed by atoms with Crippen LogP contribution in [0.1, 0.15) is 18.4 Å². The van der Waals surface area contributed by atoms with Crippen LogP contribution in [0.4, 0.5) is 0 Å². The van der Waals surface area contributed by atoms with E-state index < -0.39 is 5.97 Å². The van der Waals surface area contributed by atoms with Crippen LogP contribution in [-0.4, -0.2) is 43.2 Å². The highest BCUT2D eigenvalue weighted by molar-refractivity contribution is 7.99. The molecule has 1 aromatic carbocycles. The SMILES string of the molecule is Cc1ccccc1-c1nnc2n1CN(CCCC(=O)O)CS2. The molecule has 0 spiro atoms. The van der Waals surface area contributed by atoms with Crippen molar-refractivity contribution in [2.75, 3.05) is 12.4 Å². The van der Waals surface area contributed by atoms with E-state index in [-0.39, 0.29) is 6.42 Å². The van der Waals surface area contributed by atoms with E-state index in [2.05, 4.69) is 38.7 Å². The highest BCUT2D eigenvalue weighted by atomic mass is 32.2. The summed E-state index contributed by atoms with van der Waals surface area (Å²) in [7, 11) is 0. The molecule has 0 unspecified atom stereocenters. The molecule has 0 saturated heterocycles. The molecule has 2 aromatic rings. The minimum absolute atomic E-state index is 0.209. The summed E-state index contributed by atoms with van der Waals surface area (Å²) in [5.74, 6) is 0.963. The molecule has 1 aromatic heterocycles. The normalized spacial score (nSPS) is 14.8. The molecule has 0 atom stereocenters. The first kappa shape index (κ1) is 15.1. The fraction of sp³-hybridized carbons (Fsp3) is 0.400. The van der Waals surface area contributed by atoms with Crippen LogP contribution in [0, 0.1) is 6.92 Å². The summed E-state index contributed by atoms with van der Waals surface area (Å²) in [5.41, 5.74) is 2.26. The number of rotatable bonds is 5. The highest BCUT2D eigenvalue weighted by Crippen LogP contribution is 2.30. The number of aromatic nitrogens is 3. The number of aliphatic carboxylic acids is 1. The minimum atomic E-state index is -0.741. The Morgan fingerprint density at radius 1 is 1.36 bits per heavy atom. The Hall–Kier alpha value is -1.86. The van der Waals surface area contributed by atoms with Crippen molar-refractivity contribution >= 4 is 17.7 Å². The van der Waals surface area contributed by atoms with Crippen molar-refractivity contribution in [3.8, 4) is 11.4 Å². The Morgan fingerprint density at radius 3 is 2.95 bits per heavy atom. The summed E-state index contributed by atoms with van der Waals surface area (Å²) in [5, 5.41) is 18.3. The maximum Gasteiger partial charge on any atom is 0.303 e. The zero-order valence-corrected chi connectivity index (χ0v) is 13.2. The molecule has 6 nitrogen and oxygen atoms in total. The molecule has 3 rings (SSSR count). The zero-order chi connectivity index (χ0) is 15.5. The number of carbonyl (C=O) groups is 1. The lowest BCUT2D eigenvalue weighted by atomic mass is 10.1. The maximum absolute atomic E-state index is 10.6. The minimum Gasteiger partial charge on any atom is -0.481 e. The van der Waals surface area contributed by atoms with Gasteiger partial charge in [0.25, 0.3) is 0 Å². The summed E-state index contributed by atoms with van der Waals surface area (Å²) in [4.78, 5) is 12.9. The third-order valence-corrected chi connectivity index (χ3v) is 4.74. The number of hydrogen-bond acceptors (Lipinski definition) is 5. The van der Waals surface area contributed by atoms with E-state index in [4.69, 9.17) is 5.11 Å². The Bertz CT molecular complexity index is 686. The van der Waals surface area contributed by atoms with Gasteiger partial charge >= 0.3 is 5.97 Å². The summed E-state index contributed by atoms with van der Waals surface area (Å²) < 4.78 is 2.11. The second-order valence-corrected chi connectivity index (χ2v) is 6.27. The molecular weight excluding hydrogens is 300 g/mol. The van der Waals surface area contributed by atoms with E-state index in [1.54, 1.807) is 11.8 Å². The second-order valence-electron chi connectivity index (χ2n) is 5.36. The van der Waals surface area contributed by atoms with Gasteiger partial charge < -0.3 is 5.11 Å². The van der Waals surface area contributed by atoms with Gasteiger partial charge in [0, 0.05) is 18.5 Å². The smallest absolute Gasteiger partial charge is 0.303 e. The Kier molecular flexibility index (Phi) is 4.44. The van der Waals surface area contributed by atoms with Crippen molar-refractivity contribution in [2.24, 2.45) is 0 Å². The Balaban J connectivity index is 1.77. The highest BCUT2D eigenvalue weighted by Gasteiger charge is 2.22. The van der Waals surface area contributed by atoms with Crippen molar-refractivity contribution in [2.45, 2.75) is 31.6 Å². The van der Waals surface area contributed by atoms with Gasteiger partial charge in [-0.3, -0.25) is 14.3 Å². The van der Waals surface area contributed by atoms with Crippen LogP contribution in [0.25, 0.3) is 11.4 Å². The van der Waals surface area contributed by atoms with Gasteiger partial charge in [-0.15, -0.1) is 10.2 Å². The molecule has 0 aliphatic carbocycles. The third-order valence-electron chi connectivity index (χ3n) is 3.69. The van der Waals surface area contributed by atoms with E-state index in [9.17, 15) is 4.79 Å². The van der Waals surface area contributed by atoms with Crippen LogP contribution < -0.4 is 0 Å². The van der Waals surface area contributed by atoms with E-state index in [1.165, 1.54) is 5.56 Å². The molecule has 0 saturated carbocycles. The number of fused-ring (bicyclic) bond motifs is 1. The zero-order valence-electron chi connectivity index (χ0n) is 12.4. The molecule has 0 bridgehead atoms. The molecular formula is C15H18N4O2S. The molecule has 1 N–H and O–H groups in total. The monoisotopic (exact) mass is 318 g/mol. The Labute approximate surface area is 133 Å². The van der Waals surface area contributed by atoms with Gasteiger partial charge in [-0.2, -0.15) is 0 Å². The maximum atomic E-state index is 10.6. The summed E-state index contributed by atoms with van der Waals surface area (Å²) in [6.07, 6.45) is 0.869. The average Bonchev–Trinajstić information content (AvgIpc) is 2.90. The fourth-order valence-electron chi connectivity index (χ4n) is 2.52. The van der Waals surface area contributed by atoms with E-state index in [1.807, 2.05) is 12.1 Å². The standard InChI is InChI=1S/C15H18N4O2S/c1-11-5-2-3-6-12(11)14-16-17-15-19(14)9-18(10-22-15)8-4-7-13(20)21/h2-3,5-6H,4,7-10H2,1H3,(H,20,21). The quantitative estimate of drug-likeness (QED) is 0.913. The number of carboxylic acid groups (broad SMARTS) is 1. The summed E-state index contributed by atoms with van der Waals surface area (Å²) in [6, 6.07) is 8.14. The number of benzene rings is 1. The largest absolute Gasteiger partial charge is 0.481 e. The molecule has 7 heteroatoms. The number of carboxylic acids is 1. The molecule has 22 heavy (non-hydrogen) atoms. The predicted molar refractivity (Wildman–Crippen MR) is 84.5 cm³/mol. The molecule has 1 aliphatic heterocycles. The van der Waals surface area contributed by atoms with Crippen molar-refractivity contribution in [3.05, 3.63) is 29.8 Å². The summed E-state index contributed by atoms with van der Waals surface area (Å²) >= 11 is 1.64. The lowest BCUT2D eigenvalue weighted by Gasteiger charge is -2.27. The van der Waals surface area contributed by atoms with Gasteiger partial charge in [0.2, 0.25) is 0 Å². The van der Waals surface area contributed by atoms with Crippen LogP contribution in [0.3, 0.4) is 0 Å². The second kappa shape index (κ2) is 6.50. The topological polar surface area (TPSA) is 71.2 Å². The lowest BCUT2D eigenvalue weighted by molar-refractivity contribution is -0.137. The number of aryl methyl sites for hydroxylation is 1. The van der Waals surface area contributed by atoms with E-state index >= 15 is 0 Å². The van der Waals surface area contributed by atoms with Gasteiger partial charge in [-0.25, -0.2) is 0 Å². The van der Waals surface area contributed by atoms with Crippen molar-refractivity contribution in [1.29, 1.82) is 0 Å². The van der Waals surface area contributed by atoms with E-state index in [0.717, 1.165) is 29.0 Å². The molecule has 0 fully saturated rings. The van der Waals surface area contributed by atoms with Crippen molar-refractivity contribution in [1.82, 2.24) is 19.7 Å². The van der Waals surface area contributed by atoms with Gasteiger partial charge in [-0.1, -0.05) is 36.0 Å². The first-order chi connectivity index (χ1) is 10.6. The molecule has 1 aliphatic rings. The van der Waals surface area contributed by atoms with Crippen molar-refractivity contribution < 1.29 is 9.90 Å². The molecule has 116 valence electrons. The molecule has 0 radical (unpaired) electrons. The van der Waals surface area contributed by atoms with Gasteiger partial charge in [0.15, 0.2) is 11.0 Å². The number of hydrogen-bond donors (Lipinski definition) is 1. The lowest BCUT2D eigenvalue weighted by Crippen LogP contribution is -2.31. The third kappa shape index (κ3) is 3.15. The van der Waals surface area contributed by atoms with Crippen LogP contribution in [0.5, 0.6) is 0 Å².